The molecular weight excluding hydrogens is 432 g/mol. The third kappa shape index (κ3) is 8.10. The zero-order chi connectivity index (χ0) is 24.7. The predicted octanol–water partition coefficient (Wildman–Crippen LogP) is 6.81. The van der Waals surface area contributed by atoms with Crippen LogP contribution in [0.2, 0.25) is 0 Å². The van der Waals surface area contributed by atoms with E-state index in [0.717, 1.165) is 25.3 Å². The van der Waals surface area contributed by atoms with E-state index in [2.05, 4.69) is 70.9 Å². The van der Waals surface area contributed by atoms with Crippen LogP contribution >= 0.6 is 0 Å². The lowest BCUT2D eigenvalue weighted by atomic mass is 9.87. The number of rotatable bonds is 8. The van der Waals surface area contributed by atoms with Crippen LogP contribution in [0.25, 0.3) is 0 Å². The highest BCUT2D eigenvalue weighted by atomic mass is 16.6. The molecule has 4 nitrogen and oxygen atoms in total. The lowest BCUT2D eigenvalue weighted by Crippen LogP contribution is -2.39. The molecule has 2 aliphatic rings. The fraction of sp³-hybridized carbons (Fsp3) is 0.581. The van der Waals surface area contributed by atoms with Gasteiger partial charge < -0.3 is 15.0 Å². The SMILES string of the molecule is CC(C)(C)OC(=O)NC1C[C@H](CN2CCC(CCCc3ccccc3)CC2)[C@@H](c2ccccc2)C1. The molecular formula is C31H44N2O2. The summed E-state index contributed by atoms with van der Waals surface area (Å²) in [4.78, 5) is 15.1. The van der Waals surface area contributed by atoms with Crippen LogP contribution in [-0.4, -0.2) is 42.3 Å². The second-order valence-corrected chi connectivity index (χ2v) is 11.7. The van der Waals surface area contributed by atoms with Crippen molar-refractivity contribution in [1.29, 1.82) is 0 Å². The molecule has 0 aromatic heterocycles. The molecule has 1 aliphatic carbocycles. The number of nitrogens with zero attached hydrogens (tertiary/aromatic N) is 1. The summed E-state index contributed by atoms with van der Waals surface area (Å²) in [6, 6.07) is 21.9. The molecule has 4 rings (SSSR count). The Labute approximate surface area is 212 Å². The van der Waals surface area contributed by atoms with Crippen molar-refractivity contribution in [2.75, 3.05) is 19.6 Å². The van der Waals surface area contributed by atoms with Crippen LogP contribution in [0.4, 0.5) is 4.79 Å². The molecule has 1 aliphatic heterocycles. The minimum atomic E-state index is -0.466. The van der Waals surface area contributed by atoms with Gasteiger partial charge in [0, 0.05) is 12.6 Å². The fourth-order valence-corrected chi connectivity index (χ4v) is 6.06. The second kappa shape index (κ2) is 12.1. The van der Waals surface area contributed by atoms with Gasteiger partial charge in [0.25, 0.3) is 0 Å². The lowest BCUT2D eigenvalue weighted by Gasteiger charge is -2.35. The quantitative estimate of drug-likeness (QED) is 0.455. The van der Waals surface area contributed by atoms with Gasteiger partial charge in [-0.2, -0.15) is 0 Å². The summed E-state index contributed by atoms with van der Waals surface area (Å²) in [7, 11) is 0. The number of carbonyl (C=O) groups is 1. The van der Waals surface area contributed by atoms with Crippen molar-refractivity contribution in [3.8, 4) is 0 Å². The smallest absolute Gasteiger partial charge is 0.407 e. The lowest BCUT2D eigenvalue weighted by molar-refractivity contribution is 0.0503. The van der Waals surface area contributed by atoms with Crippen LogP contribution in [0.5, 0.6) is 0 Å². The van der Waals surface area contributed by atoms with Gasteiger partial charge in [-0.1, -0.05) is 67.1 Å². The molecule has 190 valence electrons. The van der Waals surface area contributed by atoms with E-state index in [0.29, 0.717) is 11.8 Å². The maximum Gasteiger partial charge on any atom is 0.407 e. The zero-order valence-electron chi connectivity index (χ0n) is 21.9. The number of carbonyl (C=O) groups excluding carboxylic acids is 1. The maximum absolute atomic E-state index is 12.4. The zero-order valence-corrected chi connectivity index (χ0v) is 21.9. The number of amides is 1. The van der Waals surface area contributed by atoms with Gasteiger partial charge in [0.05, 0.1) is 0 Å². The Morgan fingerprint density at radius 3 is 2.29 bits per heavy atom. The highest BCUT2D eigenvalue weighted by molar-refractivity contribution is 5.68. The standard InChI is InChI=1S/C31H44N2O2/c1-31(2,3)35-30(34)32-28-21-27(29(22-28)26-15-8-5-9-16-26)23-33-19-17-25(18-20-33)14-10-13-24-11-6-4-7-12-24/h4-9,11-12,15-16,25,27-29H,10,13-14,17-23H2,1-3H3,(H,32,34)/t27-,28?,29-/m1/s1. The number of ether oxygens (including phenoxy) is 1. The first kappa shape index (κ1) is 25.8. The number of nitrogens with one attached hydrogen (secondary N) is 1. The average molecular weight is 477 g/mol. The van der Waals surface area contributed by atoms with Gasteiger partial charge in [0.15, 0.2) is 0 Å². The van der Waals surface area contributed by atoms with Gasteiger partial charge in [-0.25, -0.2) is 4.79 Å². The summed E-state index contributed by atoms with van der Waals surface area (Å²) in [6.07, 6.45) is 8.21. The van der Waals surface area contributed by atoms with E-state index >= 15 is 0 Å². The molecule has 2 aromatic rings. The third-order valence-corrected chi connectivity index (χ3v) is 7.76. The second-order valence-electron chi connectivity index (χ2n) is 11.7. The molecule has 4 heteroatoms. The minimum Gasteiger partial charge on any atom is -0.444 e. The summed E-state index contributed by atoms with van der Waals surface area (Å²) in [6.45, 7) is 9.30. The normalized spacial score (nSPS) is 23.8. The van der Waals surface area contributed by atoms with Crippen molar-refractivity contribution < 1.29 is 9.53 Å². The van der Waals surface area contributed by atoms with Crippen molar-refractivity contribution in [2.45, 2.75) is 83.3 Å². The third-order valence-electron chi connectivity index (χ3n) is 7.76. The fourth-order valence-electron chi connectivity index (χ4n) is 6.06. The predicted molar refractivity (Wildman–Crippen MR) is 144 cm³/mol. The van der Waals surface area contributed by atoms with Crippen molar-refractivity contribution in [1.82, 2.24) is 10.2 Å². The van der Waals surface area contributed by atoms with Gasteiger partial charge in [0.1, 0.15) is 5.60 Å². The summed E-state index contributed by atoms with van der Waals surface area (Å²) < 4.78 is 5.54. The largest absolute Gasteiger partial charge is 0.444 e. The number of benzene rings is 2. The van der Waals surface area contributed by atoms with Crippen molar-refractivity contribution in [3.05, 3.63) is 71.8 Å². The minimum absolute atomic E-state index is 0.176. The number of alkyl carbamates (subject to hydrolysis) is 1. The monoisotopic (exact) mass is 476 g/mol. The maximum atomic E-state index is 12.4. The molecule has 35 heavy (non-hydrogen) atoms. The molecule has 2 fully saturated rings. The topological polar surface area (TPSA) is 41.6 Å². The molecule has 1 N–H and O–H groups in total. The first-order valence-electron chi connectivity index (χ1n) is 13.7. The number of aryl methyl sites for hydroxylation is 1. The Bertz CT molecular complexity index is 901. The van der Waals surface area contributed by atoms with Crippen LogP contribution in [0.1, 0.15) is 76.3 Å². The van der Waals surface area contributed by atoms with Crippen LogP contribution in [0.3, 0.4) is 0 Å². The number of hydrogen-bond acceptors (Lipinski definition) is 3. The van der Waals surface area contributed by atoms with Gasteiger partial charge in [-0.15, -0.1) is 0 Å². The highest BCUT2D eigenvalue weighted by Crippen LogP contribution is 2.41. The van der Waals surface area contributed by atoms with E-state index in [-0.39, 0.29) is 12.1 Å². The first-order valence-corrected chi connectivity index (χ1v) is 13.7. The van der Waals surface area contributed by atoms with Crippen LogP contribution in [0.15, 0.2) is 60.7 Å². The molecule has 0 radical (unpaired) electrons. The van der Waals surface area contributed by atoms with E-state index in [1.165, 1.54) is 56.3 Å². The van der Waals surface area contributed by atoms with Gasteiger partial charge in [0.2, 0.25) is 0 Å². The van der Waals surface area contributed by atoms with Gasteiger partial charge in [-0.05, 0) is 101 Å². The van der Waals surface area contributed by atoms with Crippen molar-refractivity contribution in [3.63, 3.8) is 0 Å². The molecule has 1 heterocycles. The van der Waals surface area contributed by atoms with Crippen molar-refractivity contribution in [2.24, 2.45) is 11.8 Å². The Morgan fingerprint density at radius 2 is 1.63 bits per heavy atom. The number of hydrogen-bond donors (Lipinski definition) is 1. The Balaban J connectivity index is 1.27. The number of piperidine rings is 1. The molecule has 0 bridgehead atoms. The number of likely N-dealkylation sites (tertiary alicyclic amines) is 1. The van der Waals surface area contributed by atoms with E-state index in [9.17, 15) is 4.79 Å². The first-order chi connectivity index (χ1) is 16.9. The van der Waals surface area contributed by atoms with Gasteiger partial charge in [-0.3, -0.25) is 0 Å². The van der Waals surface area contributed by atoms with Crippen LogP contribution in [0, 0.1) is 11.8 Å². The Kier molecular flexibility index (Phi) is 8.89. The molecule has 1 unspecified atom stereocenters. The molecule has 1 saturated heterocycles. The Morgan fingerprint density at radius 1 is 0.971 bits per heavy atom. The van der Waals surface area contributed by atoms with Crippen LogP contribution < -0.4 is 5.32 Å². The highest BCUT2D eigenvalue weighted by Gasteiger charge is 2.37. The summed E-state index contributed by atoms with van der Waals surface area (Å²) in [5.41, 5.74) is 2.40. The summed E-state index contributed by atoms with van der Waals surface area (Å²) in [5, 5.41) is 3.17. The van der Waals surface area contributed by atoms with E-state index < -0.39 is 5.60 Å². The molecule has 2 aromatic carbocycles. The summed E-state index contributed by atoms with van der Waals surface area (Å²) >= 11 is 0. The average Bonchev–Trinajstić information content (AvgIpc) is 3.22. The van der Waals surface area contributed by atoms with E-state index in [1.54, 1.807) is 0 Å². The molecule has 0 spiro atoms. The van der Waals surface area contributed by atoms with Crippen LogP contribution in [-0.2, 0) is 11.2 Å². The molecule has 1 amide bonds. The molecule has 1 saturated carbocycles. The van der Waals surface area contributed by atoms with Crippen molar-refractivity contribution >= 4 is 6.09 Å². The van der Waals surface area contributed by atoms with E-state index in [1.807, 2.05) is 20.8 Å². The Hall–Kier alpha value is -2.33. The van der Waals surface area contributed by atoms with Gasteiger partial charge >= 0.3 is 6.09 Å². The molecule has 3 atom stereocenters. The summed E-state index contributed by atoms with van der Waals surface area (Å²) in [5.74, 6) is 1.91. The van der Waals surface area contributed by atoms with E-state index in [4.69, 9.17) is 4.74 Å².